The molecular weight excluding hydrogens is 953 g/mol. The number of para-hydroxylation sites is 3. The average Bonchev–Trinajstić information content (AvgIpc) is 3.89. The number of fused-ring (bicyclic) bond motifs is 15. The van der Waals surface area contributed by atoms with E-state index in [-0.39, 0.29) is 5.41 Å². The Balaban J connectivity index is 1.04. The minimum Gasteiger partial charge on any atom is -0.310 e. The Hall–Kier alpha value is -8.98. The lowest BCUT2D eigenvalue weighted by Crippen LogP contribution is -2.30. The second-order valence-corrected chi connectivity index (χ2v) is 23.5. The van der Waals surface area contributed by atoms with Gasteiger partial charge in [-0.25, -0.2) is 0 Å². The molecule has 0 saturated heterocycles. The molecule has 0 radical (unpaired) electrons. The fourth-order valence-corrected chi connectivity index (χ4v) is 15.7. The molecular formula is C77H60N2. The predicted molar refractivity (Wildman–Crippen MR) is 329 cm³/mol. The Morgan fingerprint density at radius 2 is 0.772 bits per heavy atom. The number of benzene rings is 11. The average molecular weight is 1010 g/mol. The van der Waals surface area contributed by atoms with Crippen LogP contribution >= 0.6 is 0 Å². The van der Waals surface area contributed by atoms with Crippen molar-refractivity contribution < 1.29 is 0 Å². The Labute approximate surface area is 465 Å². The van der Waals surface area contributed by atoms with E-state index < -0.39 is 5.41 Å². The molecule has 0 aromatic heterocycles. The van der Waals surface area contributed by atoms with Crippen LogP contribution in [0.2, 0.25) is 0 Å². The van der Waals surface area contributed by atoms with Crippen LogP contribution in [-0.2, 0) is 10.8 Å². The summed E-state index contributed by atoms with van der Waals surface area (Å²) in [5, 5.41) is 0. The summed E-state index contributed by atoms with van der Waals surface area (Å²) in [6.45, 7) is 4.77. The monoisotopic (exact) mass is 1010 g/mol. The van der Waals surface area contributed by atoms with Gasteiger partial charge in [-0.15, -0.1) is 0 Å². The molecule has 0 N–H and O–H groups in total. The first-order valence-corrected chi connectivity index (χ1v) is 28.7. The van der Waals surface area contributed by atoms with Crippen LogP contribution in [0.25, 0.3) is 55.6 Å². The van der Waals surface area contributed by atoms with Crippen LogP contribution in [-0.4, -0.2) is 0 Å². The molecule has 16 rings (SSSR count). The summed E-state index contributed by atoms with van der Waals surface area (Å²) in [7, 11) is 0. The SMILES string of the molecule is CC1(C)c2ccccc2-c2cc(N(c3ccccc3)c3cc(-c4ccc(C5CC6CCC5C6)cc4)cc4c3C3(c5ccccc5-c5cc(-c6ccccc6)cc(N(c6ccccc6)c6ccccc6)c53)c3ccccc3-4)ccc21. The Morgan fingerprint density at radius 1 is 0.329 bits per heavy atom. The summed E-state index contributed by atoms with van der Waals surface area (Å²) in [5.74, 6) is 2.39. The molecule has 2 nitrogen and oxygen atoms in total. The molecule has 4 unspecified atom stereocenters. The maximum Gasteiger partial charge on any atom is 0.0766 e. The van der Waals surface area contributed by atoms with E-state index in [1.807, 2.05) is 0 Å². The molecule has 5 aliphatic carbocycles. The quantitative estimate of drug-likeness (QED) is 0.142. The first-order valence-electron chi connectivity index (χ1n) is 28.7. The molecule has 0 heterocycles. The lowest BCUT2D eigenvalue weighted by molar-refractivity contribution is 0.420. The highest BCUT2D eigenvalue weighted by Gasteiger charge is 2.56. The number of anilines is 6. The van der Waals surface area contributed by atoms with Crippen molar-refractivity contribution in [1.29, 1.82) is 0 Å². The normalized spacial score (nSPS) is 19.1. The van der Waals surface area contributed by atoms with Crippen molar-refractivity contribution in [3.63, 3.8) is 0 Å². The molecule has 2 saturated carbocycles. The fourth-order valence-electron chi connectivity index (χ4n) is 15.7. The second kappa shape index (κ2) is 17.8. The van der Waals surface area contributed by atoms with Crippen LogP contribution in [0.4, 0.5) is 34.1 Å². The Kier molecular flexibility index (Phi) is 10.4. The Morgan fingerprint density at radius 3 is 1.28 bits per heavy atom. The van der Waals surface area contributed by atoms with Gasteiger partial charge < -0.3 is 9.80 Å². The van der Waals surface area contributed by atoms with Crippen molar-refractivity contribution in [2.75, 3.05) is 9.80 Å². The molecule has 5 aliphatic rings. The lowest BCUT2D eigenvalue weighted by Gasteiger charge is -2.39. The summed E-state index contributed by atoms with van der Waals surface area (Å²) in [4.78, 5) is 5.14. The second-order valence-electron chi connectivity index (χ2n) is 23.5. The van der Waals surface area contributed by atoms with Crippen LogP contribution in [0.3, 0.4) is 0 Å². The van der Waals surface area contributed by atoms with Gasteiger partial charge in [-0.2, -0.15) is 0 Å². The lowest BCUT2D eigenvalue weighted by atomic mass is 9.68. The third-order valence-electron chi connectivity index (χ3n) is 19.1. The number of rotatable bonds is 9. The molecule has 11 aromatic rings. The first kappa shape index (κ1) is 46.1. The summed E-state index contributed by atoms with van der Waals surface area (Å²) < 4.78 is 0. The standard InChI is InChI=1S/C77H60N2/c1-76(2)68-32-18-15-29-61(68)65-49-60(41-42-69(65)76)79(59-27-13-6-14-28-59)73-48-56(52-37-39-53(40-38-52)64-44-50-35-36-54(64)43-50)46-67-63-31-17-20-34-71(63)77(75(67)73)70-33-19-16-30-62(70)66-45-55(51-21-7-3-8-22-51)47-72(74(66)77)78(57-23-9-4-10-24-57)58-25-11-5-12-26-58/h3-34,37-42,45-50,54,64H,35-36,43-44H2,1-2H3. The number of nitrogens with zero attached hydrogens (tertiary/aromatic N) is 2. The summed E-state index contributed by atoms with van der Waals surface area (Å²) in [5.41, 5.74) is 27.8. The van der Waals surface area contributed by atoms with Crippen molar-refractivity contribution in [2.24, 2.45) is 11.8 Å². The van der Waals surface area contributed by atoms with Crippen molar-refractivity contribution in [2.45, 2.75) is 56.3 Å². The van der Waals surface area contributed by atoms with Crippen LogP contribution in [0.1, 0.15) is 84.4 Å². The molecule has 2 fully saturated rings. The molecule has 2 bridgehead atoms. The molecule has 0 aliphatic heterocycles. The first-order chi connectivity index (χ1) is 38.9. The summed E-state index contributed by atoms with van der Waals surface area (Å²) in [6.07, 6.45) is 5.53. The van der Waals surface area contributed by atoms with Gasteiger partial charge in [-0.3, -0.25) is 0 Å². The van der Waals surface area contributed by atoms with Gasteiger partial charge in [0.1, 0.15) is 0 Å². The van der Waals surface area contributed by atoms with E-state index in [0.29, 0.717) is 5.92 Å². The molecule has 11 aromatic carbocycles. The Bertz CT molecular complexity index is 4140. The third kappa shape index (κ3) is 6.90. The van der Waals surface area contributed by atoms with Crippen molar-refractivity contribution in [3.05, 3.63) is 300 Å². The zero-order valence-electron chi connectivity index (χ0n) is 44.8. The highest BCUT2D eigenvalue weighted by Crippen LogP contribution is 2.69. The minimum atomic E-state index is -0.776. The van der Waals surface area contributed by atoms with Crippen molar-refractivity contribution in [3.8, 4) is 55.6 Å². The zero-order chi connectivity index (χ0) is 52.4. The largest absolute Gasteiger partial charge is 0.310 e. The zero-order valence-corrected chi connectivity index (χ0v) is 44.8. The van der Waals surface area contributed by atoms with Crippen LogP contribution in [0, 0.1) is 11.8 Å². The molecule has 2 heteroatoms. The summed E-state index contributed by atoms with van der Waals surface area (Å²) in [6, 6.07) is 99.2. The maximum absolute atomic E-state index is 2.61. The van der Waals surface area contributed by atoms with Crippen molar-refractivity contribution >= 4 is 34.1 Å². The van der Waals surface area contributed by atoms with Gasteiger partial charge in [0.05, 0.1) is 16.8 Å². The van der Waals surface area contributed by atoms with E-state index in [9.17, 15) is 0 Å². The van der Waals surface area contributed by atoms with Gasteiger partial charge in [0.25, 0.3) is 0 Å². The third-order valence-corrected chi connectivity index (χ3v) is 19.1. The van der Waals surface area contributed by atoms with E-state index in [4.69, 9.17) is 0 Å². The van der Waals surface area contributed by atoms with Gasteiger partial charge >= 0.3 is 0 Å². The fraction of sp³-hybridized carbons (Fsp3) is 0.143. The van der Waals surface area contributed by atoms with Gasteiger partial charge in [-0.05, 0) is 193 Å². The van der Waals surface area contributed by atoms with E-state index in [1.54, 1.807) is 0 Å². The summed E-state index contributed by atoms with van der Waals surface area (Å²) >= 11 is 0. The van der Waals surface area contributed by atoms with Gasteiger partial charge in [0.2, 0.25) is 0 Å². The van der Waals surface area contributed by atoms with Crippen LogP contribution < -0.4 is 9.80 Å². The molecule has 4 atom stereocenters. The van der Waals surface area contributed by atoms with E-state index in [0.717, 1.165) is 40.3 Å². The number of hydrogen-bond acceptors (Lipinski definition) is 2. The van der Waals surface area contributed by atoms with E-state index in [2.05, 4.69) is 285 Å². The minimum absolute atomic E-state index is 0.130. The van der Waals surface area contributed by atoms with E-state index in [1.165, 1.54) is 126 Å². The molecule has 1 spiro atoms. The highest BCUT2D eigenvalue weighted by atomic mass is 15.2. The number of hydrogen-bond donors (Lipinski definition) is 0. The van der Waals surface area contributed by atoms with Gasteiger partial charge in [0, 0.05) is 39.3 Å². The predicted octanol–water partition coefficient (Wildman–Crippen LogP) is 20.5. The smallest absolute Gasteiger partial charge is 0.0766 e. The highest BCUT2D eigenvalue weighted by molar-refractivity contribution is 6.05. The topological polar surface area (TPSA) is 6.48 Å². The van der Waals surface area contributed by atoms with Crippen molar-refractivity contribution in [1.82, 2.24) is 0 Å². The van der Waals surface area contributed by atoms with Gasteiger partial charge in [-0.1, -0.05) is 208 Å². The van der Waals surface area contributed by atoms with Gasteiger partial charge in [0.15, 0.2) is 0 Å². The van der Waals surface area contributed by atoms with Crippen LogP contribution in [0.15, 0.2) is 261 Å². The molecule has 378 valence electrons. The maximum atomic E-state index is 2.61. The molecule has 79 heavy (non-hydrogen) atoms. The molecule has 0 amide bonds. The van der Waals surface area contributed by atoms with Crippen LogP contribution in [0.5, 0.6) is 0 Å². The van der Waals surface area contributed by atoms with E-state index >= 15 is 0 Å².